The van der Waals surface area contributed by atoms with E-state index in [-0.39, 0.29) is 5.54 Å². The van der Waals surface area contributed by atoms with E-state index in [0.717, 1.165) is 24.4 Å². The fraction of sp³-hybridized carbons (Fsp3) is 0.471. The van der Waals surface area contributed by atoms with Crippen molar-refractivity contribution in [2.24, 2.45) is 5.92 Å². The van der Waals surface area contributed by atoms with Crippen LogP contribution in [0.2, 0.25) is 5.02 Å². The third-order valence-corrected chi connectivity index (χ3v) is 4.37. The first-order chi connectivity index (χ1) is 9.94. The molecular formula is C17H23ClN2S. The quantitative estimate of drug-likeness (QED) is 0.841. The second-order valence-electron chi connectivity index (χ2n) is 6.48. The summed E-state index contributed by atoms with van der Waals surface area (Å²) in [6.45, 7) is 7.56. The molecule has 1 N–H and O–H groups in total. The zero-order valence-corrected chi connectivity index (χ0v) is 14.5. The van der Waals surface area contributed by atoms with Crippen LogP contribution < -0.4 is 5.32 Å². The van der Waals surface area contributed by atoms with Crippen molar-refractivity contribution in [3.05, 3.63) is 51.4 Å². The van der Waals surface area contributed by atoms with Crippen LogP contribution in [0, 0.1) is 5.92 Å². The van der Waals surface area contributed by atoms with Gasteiger partial charge in [-0.25, -0.2) is 4.98 Å². The Kier molecular flexibility index (Phi) is 5.80. The number of benzene rings is 1. The van der Waals surface area contributed by atoms with E-state index in [0.29, 0.717) is 5.92 Å². The van der Waals surface area contributed by atoms with Crippen molar-refractivity contribution in [2.75, 3.05) is 6.54 Å². The van der Waals surface area contributed by atoms with Crippen LogP contribution in [0.15, 0.2) is 35.2 Å². The Hall–Kier alpha value is -0.900. The van der Waals surface area contributed by atoms with Crippen LogP contribution in [0.5, 0.6) is 0 Å². The number of halogens is 1. The van der Waals surface area contributed by atoms with Crippen molar-refractivity contribution in [3.8, 4) is 0 Å². The van der Waals surface area contributed by atoms with Crippen LogP contribution in [0.25, 0.3) is 0 Å². The Morgan fingerprint density at radius 3 is 2.62 bits per heavy atom. The van der Waals surface area contributed by atoms with E-state index in [2.05, 4.69) is 48.6 Å². The third-order valence-electron chi connectivity index (χ3n) is 3.37. The van der Waals surface area contributed by atoms with Crippen LogP contribution in [-0.2, 0) is 12.8 Å². The highest BCUT2D eigenvalue weighted by Crippen LogP contribution is 2.21. The van der Waals surface area contributed by atoms with Gasteiger partial charge >= 0.3 is 0 Å². The fourth-order valence-corrected chi connectivity index (χ4v) is 3.06. The summed E-state index contributed by atoms with van der Waals surface area (Å²) in [6, 6.07) is 8.12. The number of hydrogen-bond donors (Lipinski definition) is 1. The first kappa shape index (κ1) is 16.5. The van der Waals surface area contributed by atoms with Crippen LogP contribution >= 0.6 is 22.9 Å². The number of aromatic nitrogens is 1. The highest BCUT2D eigenvalue weighted by Gasteiger charge is 2.17. The molecule has 114 valence electrons. The second-order valence-corrected chi connectivity index (χ2v) is 7.60. The molecule has 21 heavy (non-hydrogen) atoms. The van der Waals surface area contributed by atoms with Crippen LogP contribution in [-0.4, -0.2) is 17.1 Å². The molecule has 2 rings (SSSR count). The van der Waals surface area contributed by atoms with Crippen molar-refractivity contribution < 1.29 is 0 Å². The van der Waals surface area contributed by atoms with Crippen molar-refractivity contribution in [1.82, 2.24) is 10.3 Å². The van der Waals surface area contributed by atoms with Gasteiger partial charge in [-0.05, 0) is 57.7 Å². The van der Waals surface area contributed by atoms with Crippen LogP contribution in [0.3, 0.4) is 0 Å². The molecule has 0 aliphatic rings. The predicted molar refractivity (Wildman–Crippen MR) is 92.2 cm³/mol. The molecule has 0 spiro atoms. The lowest BCUT2D eigenvalue weighted by Gasteiger charge is -2.25. The summed E-state index contributed by atoms with van der Waals surface area (Å²) in [4.78, 5) is 4.42. The molecule has 2 aromatic rings. The monoisotopic (exact) mass is 322 g/mol. The highest BCUT2D eigenvalue weighted by atomic mass is 35.5. The minimum absolute atomic E-state index is 0.126. The summed E-state index contributed by atoms with van der Waals surface area (Å²) in [7, 11) is 0. The molecule has 1 aromatic heterocycles. The summed E-state index contributed by atoms with van der Waals surface area (Å²) >= 11 is 7.96. The molecule has 0 radical (unpaired) electrons. The number of rotatable bonds is 6. The Bertz CT molecular complexity index is 546. The van der Waals surface area contributed by atoms with E-state index in [1.165, 1.54) is 11.3 Å². The van der Waals surface area contributed by atoms with E-state index in [9.17, 15) is 0 Å². The molecule has 1 heterocycles. The van der Waals surface area contributed by atoms with E-state index >= 15 is 0 Å². The minimum atomic E-state index is 0.126. The normalized spacial score (nSPS) is 13.3. The summed E-state index contributed by atoms with van der Waals surface area (Å²) in [5.41, 5.74) is 4.42. The first-order valence-corrected chi connectivity index (χ1v) is 8.61. The van der Waals surface area contributed by atoms with Gasteiger partial charge in [0.05, 0.1) is 11.2 Å². The second kappa shape index (κ2) is 7.39. The van der Waals surface area contributed by atoms with Crippen molar-refractivity contribution in [2.45, 2.75) is 39.2 Å². The summed E-state index contributed by atoms with van der Waals surface area (Å²) in [6.07, 6.45) is 1.96. The maximum absolute atomic E-state index is 6.31. The summed E-state index contributed by atoms with van der Waals surface area (Å²) in [5, 5.41) is 6.60. The van der Waals surface area contributed by atoms with Crippen LogP contribution in [0.4, 0.5) is 0 Å². The third kappa shape index (κ3) is 5.77. The first-order valence-electron chi connectivity index (χ1n) is 7.29. The number of thiazole rings is 1. The van der Waals surface area contributed by atoms with Gasteiger partial charge in [0.25, 0.3) is 0 Å². The van der Waals surface area contributed by atoms with Gasteiger partial charge in [-0.3, -0.25) is 0 Å². The van der Waals surface area contributed by atoms with E-state index in [4.69, 9.17) is 11.6 Å². The minimum Gasteiger partial charge on any atom is -0.312 e. The average molecular weight is 323 g/mol. The fourth-order valence-electron chi connectivity index (χ4n) is 2.28. The Balaban J connectivity index is 2.06. The molecule has 1 atom stereocenters. The predicted octanol–water partition coefficient (Wildman–Crippen LogP) is 4.59. The standard InChI is InChI=1S/C17H23ClN2S/c1-17(2,3)20-10-13(9-15-11-21-12-19-15)8-14-6-4-5-7-16(14)18/h4-7,11-13,20H,8-10H2,1-3H3. The number of hydrogen-bond acceptors (Lipinski definition) is 3. The molecule has 0 bridgehead atoms. The Morgan fingerprint density at radius 2 is 2.00 bits per heavy atom. The molecular weight excluding hydrogens is 300 g/mol. The topological polar surface area (TPSA) is 24.9 Å². The van der Waals surface area contributed by atoms with Crippen molar-refractivity contribution >= 4 is 22.9 Å². The molecule has 0 fully saturated rings. The van der Waals surface area contributed by atoms with E-state index < -0.39 is 0 Å². The smallest absolute Gasteiger partial charge is 0.0794 e. The van der Waals surface area contributed by atoms with E-state index in [1.54, 1.807) is 11.3 Å². The lowest BCUT2D eigenvalue weighted by atomic mass is 9.94. The molecule has 1 aromatic carbocycles. The van der Waals surface area contributed by atoms with Gasteiger partial charge in [-0.15, -0.1) is 11.3 Å². The van der Waals surface area contributed by atoms with Crippen LogP contribution in [0.1, 0.15) is 32.0 Å². The van der Waals surface area contributed by atoms with Gasteiger partial charge in [0, 0.05) is 15.9 Å². The number of nitrogens with zero attached hydrogens (tertiary/aromatic N) is 1. The maximum Gasteiger partial charge on any atom is 0.0794 e. The van der Waals surface area contributed by atoms with Gasteiger partial charge in [-0.2, -0.15) is 0 Å². The van der Waals surface area contributed by atoms with Gasteiger partial charge in [0.2, 0.25) is 0 Å². The maximum atomic E-state index is 6.31. The molecule has 0 aliphatic heterocycles. The van der Waals surface area contributed by atoms with Crippen molar-refractivity contribution in [1.29, 1.82) is 0 Å². The molecule has 0 saturated carbocycles. The lowest BCUT2D eigenvalue weighted by Crippen LogP contribution is -2.40. The lowest BCUT2D eigenvalue weighted by molar-refractivity contribution is 0.366. The molecule has 0 saturated heterocycles. The van der Waals surface area contributed by atoms with E-state index in [1.807, 2.05) is 17.6 Å². The summed E-state index contributed by atoms with van der Waals surface area (Å²) < 4.78 is 0. The number of nitrogens with one attached hydrogen (secondary N) is 1. The zero-order chi connectivity index (χ0) is 15.3. The Labute approximate surface area is 136 Å². The van der Waals surface area contributed by atoms with Gasteiger partial charge in [-0.1, -0.05) is 29.8 Å². The molecule has 4 heteroatoms. The zero-order valence-electron chi connectivity index (χ0n) is 12.9. The van der Waals surface area contributed by atoms with Gasteiger partial charge < -0.3 is 5.32 Å². The summed E-state index contributed by atoms with van der Waals surface area (Å²) in [5.74, 6) is 0.492. The van der Waals surface area contributed by atoms with Gasteiger partial charge in [0.1, 0.15) is 0 Å². The highest BCUT2D eigenvalue weighted by molar-refractivity contribution is 7.07. The molecule has 1 unspecified atom stereocenters. The molecule has 0 aliphatic carbocycles. The molecule has 0 amide bonds. The SMILES string of the molecule is CC(C)(C)NCC(Cc1cscn1)Cc1ccccc1Cl. The Morgan fingerprint density at radius 1 is 1.24 bits per heavy atom. The van der Waals surface area contributed by atoms with Crippen molar-refractivity contribution in [3.63, 3.8) is 0 Å². The average Bonchev–Trinajstić information content (AvgIpc) is 2.90. The largest absolute Gasteiger partial charge is 0.312 e. The van der Waals surface area contributed by atoms with Gasteiger partial charge in [0.15, 0.2) is 0 Å². The molecule has 2 nitrogen and oxygen atoms in total.